The van der Waals surface area contributed by atoms with E-state index in [9.17, 15) is 0 Å². The molecule has 0 aromatic heterocycles. The van der Waals surface area contributed by atoms with E-state index in [0.29, 0.717) is 0 Å². The van der Waals surface area contributed by atoms with Crippen molar-refractivity contribution < 1.29 is 0 Å². The molecule has 1 rings (SSSR count). The van der Waals surface area contributed by atoms with E-state index in [4.69, 9.17) is 111 Å². The lowest BCUT2D eigenvalue weighted by atomic mass is 9.52. The SMILES string of the molecule is CC(C(c1ccccc1)(C(C)[Si](C)(Cl)Cl)C(C(C)[Si](C)(Cl)Cl)(C(C)[Si](C)(Cl)Cl)C(C)[Si](C)(Cl)Cl)[Si](C)(Cl)Cl. The fourth-order valence-electron chi connectivity index (χ4n) is 6.85. The summed E-state index contributed by atoms with van der Waals surface area (Å²) in [4.78, 5) is 0. The summed E-state index contributed by atoms with van der Waals surface area (Å²) in [5.41, 5.74) is -2.28. The smallest absolute Gasteiger partial charge is 0.146 e. The Morgan fingerprint density at radius 2 is 0.684 bits per heavy atom. The molecule has 0 saturated carbocycles. The molecule has 15 heteroatoms. The Hall–Kier alpha value is 3.20. The molecule has 0 heterocycles. The molecule has 1 aromatic carbocycles. The molecule has 0 aliphatic carbocycles. The lowest BCUT2D eigenvalue weighted by molar-refractivity contribution is 0.0784. The first-order chi connectivity index (χ1) is 16.6. The van der Waals surface area contributed by atoms with Gasteiger partial charge in [-0.05, 0) is 71.4 Å². The van der Waals surface area contributed by atoms with Gasteiger partial charge in [0.1, 0.15) is 0 Å². The largest absolute Gasteiger partial charge is 0.252 e. The third-order valence-electron chi connectivity index (χ3n) is 9.29. The first-order valence-corrected chi connectivity index (χ1v) is 35.6. The van der Waals surface area contributed by atoms with Crippen molar-refractivity contribution in [3.8, 4) is 0 Å². The van der Waals surface area contributed by atoms with Crippen LogP contribution in [0.5, 0.6) is 0 Å². The molecule has 0 aliphatic rings. The van der Waals surface area contributed by atoms with Crippen molar-refractivity contribution in [2.45, 2.75) is 100 Å². The van der Waals surface area contributed by atoms with E-state index < -0.39 is 44.3 Å². The fraction of sp³-hybridized carbons (Fsp3) is 0.739. The highest BCUT2D eigenvalue weighted by Gasteiger charge is 2.74. The number of benzene rings is 1. The molecule has 0 spiro atoms. The summed E-state index contributed by atoms with van der Waals surface area (Å²) in [6.45, 7) is 5.09. The van der Waals surface area contributed by atoms with E-state index in [2.05, 4.69) is 46.8 Å². The molecule has 0 fully saturated rings. The van der Waals surface area contributed by atoms with Crippen LogP contribution >= 0.6 is 111 Å². The van der Waals surface area contributed by atoms with Gasteiger partial charge in [-0.2, -0.15) is 0 Å². The second-order valence-electron chi connectivity index (χ2n) is 11.6. The molecule has 1 aromatic rings. The first-order valence-electron chi connectivity index (χ1n) is 12.6. The number of rotatable bonds is 12. The van der Waals surface area contributed by atoms with Gasteiger partial charge in [-0.1, -0.05) is 65.0 Å². The minimum Gasteiger partial charge on any atom is -0.146 e. The molecule has 0 radical (unpaired) electrons. The van der Waals surface area contributed by atoms with E-state index in [1.54, 1.807) is 0 Å². The molecule has 38 heavy (non-hydrogen) atoms. The Bertz CT molecular complexity index is 846. The van der Waals surface area contributed by atoms with Crippen molar-refractivity contribution in [3.63, 3.8) is 0 Å². The van der Waals surface area contributed by atoms with Crippen LogP contribution in [0.1, 0.15) is 40.2 Å². The second kappa shape index (κ2) is 13.3. The Morgan fingerprint density at radius 1 is 0.447 bits per heavy atom. The molecular formula is C23H40Cl10Si5. The Balaban J connectivity index is 4.89. The van der Waals surface area contributed by atoms with Gasteiger partial charge in [-0.15, -0.1) is 111 Å². The van der Waals surface area contributed by atoms with Crippen molar-refractivity contribution in [1.29, 1.82) is 0 Å². The van der Waals surface area contributed by atoms with Crippen molar-refractivity contribution in [1.82, 2.24) is 0 Å². The molecule has 5 unspecified atom stereocenters. The lowest BCUT2D eigenvalue weighted by Crippen LogP contribution is -2.67. The van der Waals surface area contributed by atoms with E-state index >= 15 is 0 Å². The summed E-state index contributed by atoms with van der Waals surface area (Å²) in [5.74, 6) is 0. The second-order valence-corrected chi connectivity index (χ2v) is 51.9. The number of hydrogen-bond donors (Lipinski definition) is 0. The summed E-state index contributed by atoms with van der Waals surface area (Å²) in [6.07, 6.45) is 0. The summed E-state index contributed by atoms with van der Waals surface area (Å²) in [7, 11) is 0. The van der Waals surface area contributed by atoms with E-state index in [1.807, 2.05) is 50.9 Å². The van der Waals surface area contributed by atoms with Gasteiger partial charge >= 0.3 is 0 Å². The van der Waals surface area contributed by atoms with Crippen LogP contribution < -0.4 is 0 Å². The van der Waals surface area contributed by atoms with Gasteiger partial charge in [0, 0.05) is 5.41 Å². The van der Waals surface area contributed by atoms with Crippen LogP contribution in [0.15, 0.2) is 30.3 Å². The molecule has 0 bridgehead atoms. The van der Waals surface area contributed by atoms with Crippen LogP contribution in [-0.4, -0.2) is 33.5 Å². The lowest BCUT2D eigenvalue weighted by Gasteiger charge is -2.69. The fourth-order valence-corrected chi connectivity index (χ4v) is 20.5. The summed E-state index contributed by atoms with van der Waals surface area (Å²) >= 11 is 72.4. The standard InChI is InChI=1S/C23H40Cl10Si5/c1-16(34(6,24)25)22(17(2)35(7,26)27,18(3)36(8,28)29)23(19(4)37(9,30)31,20(5)38(10,32)33)21-14-12-11-13-15-21/h11-20H,1-10H3. The monoisotopic (exact) mass is 806 g/mol. The van der Waals surface area contributed by atoms with Gasteiger partial charge in [0.15, 0.2) is 0 Å². The van der Waals surface area contributed by atoms with Crippen LogP contribution in [0.2, 0.25) is 60.4 Å². The van der Waals surface area contributed by atoms with Crippen LogP contribution in [-0.2, 0) is 5.41 Å². The maximum atomic E-state index is 7.24. The van der Waals surface area contributed by atoms with Crippen LogP contribution in [0.25, 0.3) is 0 Å². The van der Waals surface area contributed by atoms with Crippen molar-refractivity contribution in [2.75, 3.05) is 0 Å². The summed E-state index contributed by atoms with van der Waals surface area (Å²) in [6, 6.07) is 10.2. The van der Waals surface area contributed by atoms with Crippen LogP contribution in [0.4, 0.5) is 0 Å². The maximum absolute atomic E-state index is 7.24. The molecule has 0 N–H and O–H groups in total. The average Bonchev–Trinajstić information content (AvgIpc) is 2.73. The van der Waals surface area contributed by atoms with Gasteiger partial charge in [0.2, 0.25) is 0 Å². The summed E-state index contributed by atoms with van der Waals surface area (Å²) in [5, 5.41) is 0. The number of hydrogen-bond acceptors (Lipinski definition) is 0. The predicted molar refractivity (Wildman–Crippen MR) is 194 cm³/mol. The van der Waals surface area contributed by atoms with Crippen LogP contribution in [0, 0.1) is 5.41 Å². The Kier molecular flexibility index (Phi) is 13.7. The van der Waals surface area contributed by atoms with Crippen LogP contribution in [0.3, 0.4) is 0 Å². The van der Waals surface area contributed by atoms with Crippen molar-refractivity contribution in [2.24, 2.45) is 5.41 Å². The average molecular weight is 812 g/mol. The van der Waals surface area contributed by atoms with Gasteiger partial charge < -0.3 is 0 Å². The third-order valence-corrected chi connectivity index (χ3v) is 29.1. The predicted octanol–water partition coefficient (Wildman–Crippen LogP) is 13.6. The zero-order valence-electron chi connectivity index (χ0n) is 23.6. The Morgan fingerprint density at radius 3 is 0.895 bits per heavy atom. The normalized spacial score (nSPS) is 21.6. The van der Waals surface area contributed by atoms with Gasteiger partial charge in [-0.25, -0.2) is 0 Å². The zero-order chi connectivity index (χ0) is 30.5. The van der Waals surface area contributed by atoms with E-state index in [1.165, 1.54) is 0 Å². The zero-order valence-corrected chi connectivity index (χ0v) is 36.1. The molecule has 0 nitrogen and oxygen atoms in total. The first kappa shape index (κ1) is 39.2. The van der Waals surface area contributed by atoms with Gasteiger partial charge in [-0.3, -0.25) is 0 Å². The minimum absolute atomic E-state index is 0.300. The topological polar surface area (TPSA) is 0 Å². The highest BCUT2D eigenvalue weighted by atomic mass is 35.7. The van der Waals surface area contributed by atoms with Crippen molar-refractivity contribution >= 4 is 144 Å². The number of halogens is 10. The quantitative estimate of drug-likeness (QED) is 0.146. The highest BCUT2D eigenvalue weighted by molar-refractivity contribution is 7.48. The van der Waals surface area contributed by atoms with E-state index in [0.717, 1.165) is 5.56 Å². The molecule has 0 aliphatic heterocycles. The van der Waals surface area contributed by atoms with E-state index in [-0.39, 0.29) is 27.7 Å². The Labute approximate surface area is 283 Å². The molecule has 5 atom stereocenters. The van der Waals surface area contributed by atoms with Gasteiger partial charge in [0.25, 0.3) is 33.5 Å². The van der Waals surface area contributed by atoms with Gasteiger partial charge in [0.05, 0.1) is 0 Å². The minimum atomic E-state index is -3.02. The molecule has 0 saturated heterocycles. The molecule has 222 valence electrons. The molecule has 0 amide bonds. The summed E-state index contributed by atoms with van der Waals surface area (Å²) < 4.78 is 0. The maximum Gasteiger partial charge on any atom is 0.252 e. The highest BCUT2D eigenvalue weighted by Crippen LogP contribution is 2.78. The molecular weight excluding hydrogens is 771 g/mol. The third kappa shape index (κ3) is 7.70. The van der Waals surface area contributed by atoms with Crippen molar-refractivity contribution in [3.05, 3.63) is 35.9 Å².